The van der Waals surface area contributed by atoms with Gasteiger partial charge in [-0.05, 0) is 31.1 Å². The van der Waals surface area contributed by atoms with Crippen molar-refractivity contribution in [1.29, 1.82) is 0 Å². The smallest absolute Gasteiger partial charge is 0.0259 e. The van der Waals surface area contributed by atoms with Crippen LogP contribution in [0.1, 0.15) is 40.0 Å². The highest BCUT2D eigenvalue weighted by molar-refractivity contribution is 5.09. The second-order valence-electron chi connectivity index (χ2n) is 3.77. The summed E-state index contributed by atoms with van der Waals surface area (Å²) in [7, 11) is 0. The Morgan fingerprint density at radius 1 is 1.50 bits per heavy atom. The van der Waals surface area contributed by atoms with Crippen LogP contribution in [0.5, 0.6) is 0 Å². The quantitative estimate of drug-likeness (QED) is 0.487. The predicted octanol–water partition coefficient (Wildman–Crippen LogP) is 3.39. The van der Waals surface area contributed by atoms with Crippen molar-refractivity contribution < 1.29 is 0 Å². The summed E-state index contributed by atoms with van der Waals surface area (Å²) in [5, 5.41) is 0. The van der Waals surface area contributed by atoms with Crippen molar-refractivity contribution >= 4 is 0 Å². The highest BCUT2D eigenvalue weighted by atomic mass is 14.2. The molecule has 0 spiro atoms. The van der Waals surface area contributed by atoms with E-state index < -0.39 is 0 Å². The maximum Gasteiger partial charge on any atom is -0.0259 e. The van der Waals surface area contributed by atoms with E-state index in [0.29, 0.717) is 0 Å². The monoisotopic (exact) mass is 138 g/mol. The van der Waals surface area contributed by atoms with Crippen LogP contribution in [-0.4, -0.2) is 0 Å². The first-order valence-electron chi connectivity index (χ1n) is 4.40. The van der Waals surface area contributed by atoms with Crippen LogP contribution >= 0.6 is 0 Å². The molecule has 1 aliphatic rings. The molecule has 0 aromatic rings. The summed E-state index contributed by atoms with van der Waals surface area (Å²) < 4.78 is 0. The van der Waals surface area contributed by atoms with Crippen molar-refractivity contribution in [3.8, 4) is 0 Å². The highest BCUT2D eigenvalue weighted by Gasteiger charge is 2.11. The average molecular weight is 138 g/mol. The van der Waals surface area contributed by atoms with Crippen molar-refractivity contribution in [3.63, 3.8) is 0 Å². The molecule has 1 unspecified atom stereocenters. The van der Waals surface area contributed by atoms with E-state index in [1.54, 1.807) is 5.57 Å². The third-order valence-electron chi connectivity index (χ3n) is 2.37. The molecule has 0 heteroatoms. The van der Waals surface area contributed by atoms with Crippen LogP contribution in [0.15, 0.2) is 11.6 Å². The summed E-state index contributed by atoms with van der Waals surface area (Å²) in [5.41, 5.74) is 1.68. The van der Waals surface area contributed by atoms with E-state index in [0.717, 1.165) is 11.8 Å². The molecule has 0 heterocycles. The zero-order chi connectivity index (χ0) is 7.56. The van der Waals surface area contributed by atoms with Crippen LogP contribution in [0.25, 0.3) is 0 Å². The van der Waals surface area contributed by atoms with Gasteiger partial charge in [-0.1, -0.05) is 32.4 Å². The lowest BCUT2D eigenvalue weighted by atomic mass is 9.86. The first-order chi connectivity index (χ1) is 4.70. The molecule has 10 heavy (non-hydrogen) atoms. The lowest BCUT2D eigenvalue weighted by Gasteiger charge is -2.20. The third kappa shape index (κ3) is 1.86. The summed E-state index contributed by atoms with van der Waals surface area (Å²) in [6.07, 6.45) is 6.62. The molecule has 0 nitrogen and oxygen atoms in total. The Labute approximate surface area is 64.3 Å². The number of hydrogen-bond acceptors (Lipinski definition) is 0. The molecule has 1 aliphatic carbocycles. The van der Waals surface area contributed by atoms with Gasteiger partial charge < -0.3 is 0 Å². The second-order valence-corrected chi connectivity index (χ2v) is 3.77. The van der Waals surface area contributed by atoms with Gasteiger partial charge in [0.15, 0.2) is 0 Å². The fraction of sp³-hybridized carbons (Fsp3) is 0.800. The largest absolute Gasteiger partial charge is 0.0822 e. The first-order valence-corrected chi connectivity index (χ1v) is 4.40. The van der Waals surface area contributed by atoms with Crippen LogP contribution in [0.3, 0.4) is 0 Å². The normalized spacial score (nSPS) is 26.8. The van der Waals surface area contributed by atoms with E-state index in [1.807, 2.05) is 0 Å². The van der Waals surface area contributed by atoms with Gasteiger partial charge in [0.2, 0.25) is 0 Å². The second kappa shape index (κ2) is 3.23. The minimum Gasteiger partial charge on any atom is -0.0822 e. The molecule has 1 rings (SSSR count). The van der Waals surface area contributed by atoms with Gasteiger partial charge in [-0.15, -0.1) is 0 Å². The van der Waals surface area contributed by atoms with Gasteiger partial charge in [-0.3, -0.25) is 0 Å². The Bertz CT molecular complexity index is 131. The number of allylic oxidation sites excluding steroid dienone is 2. The molecule has 0 N–H and O–H groups in total. The van der Waals surface area contributed by atoms with E-state index in [-0.39, 0.29) is 0 Å². The van der Waals surface area contributed by atoms with Crippen LogP contribution < -0.4 is 0 Å². The zero-order valence-corrected chi connectivity index (χ0v) is 7.35. The molecule has 0 fully saturated rings. The molecule has 0 aliphatic heterocycles. The summed E-state index contributed by atoms with van der Waals surface area (Å²) in [5.74, 6) is 1.62. The van der Waals surface area contributed by atoms with Crippen molar-refractivity contribution in [3.05, 3.63) is 11.6 Å². The van der Waals surface area contributed by atoms with Gasteiger partial charge in [0.25, 0.3) is 0 Å². The molecule has 0 saturated heterocycles. The van der Waals surface area contributed by atoms with Gasteiger partial charge >= 0.3 is 0 Å². The van der Waals surface area contributed by atoms with E-state index in [2.05, 4.69) is 26.8 Å². The highest BCUT2D eigenvalue weighted by Crippen LogP contribution is 2.26. The Balaban J connectivity index is 2.57. The minimum absolute atomic E-state index is 0.780. The van der Waals surface area contributed by atoms with Gasteiger partial charge in [-0.2, -0.15) is 0 Å². The van der Waals surface area contributed by atoms with Crippen LogP contribution in [-0.2, 0) is 0 Å². The maximum atomic E-state index is 2.47. The number of hydrogen-bond donors (Lipinski definition) is 0. The molecule has 0 bridgehead atoms. The lowest BCUT2D eigenvalue weighted by molar-refractivity contribution is 0.533. The standard InChI is InChI=1S/C10H18/c1-8(2)10-6-4-5-9(3)7-10/h7-9H,4-6H2,1-3H3. The Hall–Kier alpha value is -0.260. The van der Waals surface area contributed by atoms with Gasteiger partial charge in [-0.25, -0.2) is 0 Å². The SMILES string of the molecule is CC1C=C(C(C)C)CCC1. The molecule has 0 aromatic carbocycles. The predicted molar refractivity (Wildman–Crippen MR) is 45.9 cm³/mol. The topological polar surface area (TPSA) is 0 Å². The fourth-order valence-electron chi connectivity index (χ4n) is 1.64. The molecule has 0 aromatic heterocycles. The Morgan fingerprint density at radius 3 is 2.60 bits per heavy atom. The molecule has 1 atom stereocenters. The molecule has 0 radical (unpaired) electrons. The fourth-order valence-corrected chi connectivity index (χ4v) is 1.64. The van der Waals surface area contributed by atoms with Crippen molar-refractivity contribution in [1.82, 2.24) is 0 Å². The van der Waals surface area contributed by atoms with Crippen molar-refractivity contribution in [2.24, 2.45) is 11.8 Å². The summed E-state index contributed by atoms with van der Waals surface area (Å²) >= 11 is 0. The molecule has 58 valence electrons. The minimum atomic E-state index is 0.780. The average Bonchev–Trinajstić information content (AvgIpc) is 1.88. The zero-order valence-electron chi connectivity index (χ0n) is 7.35. The summed E-state index contributed by atoms with van der Waals surface area (Å²) in [4.78, 5) is 0. The molecule has 0 saturated carbocycles. The Morgan fingerprint density at radius 2 is 2.20 bits per heavy atom. The maximum absolute atomic E-state index is 2.47. The van der Waals surface area contributed by atoms with E-state index in [1.165, 1.54) is 19.3 Å². The van der Waals surface area contributed by atoms with Crippen LogP contribution in [0.2, 0.25) is 0 Å². The van der Waals surface area contributed by atoms with E-state index >= 15 is 0 Å². The molecule has 0 amide bonds. The van der Waals surface area contributed by atoms with Crippen LogP contribution in [0, 0.1) is 11.8 Å². The Kier molecular flexibility index (Phi) is 2.53. The molecular weight excluding hydrogens is 120 g/mol. The first kappa shape index (κ1) is 7.84. The van der Waals surface area contributed by atoms with Gasteiger partial charge in [0.1, 0.15) is 0 Å². The van der Waals surface area contributed by atoms with Gasteiger partial charge in [0.05, 0.1) is 0 Å². The van der Waals surface area contributed by atoms with Crippen molar-refractivity contribution in [2.75, 3.05) is 0 Å². The summed E-state index contributed by atoms with van der Waals surface area (Å²) in [6, 6.07) is 0. The lowest BCUT2D eigenvalue weighted by Crippen LogP contribution is -2.04. The van der Waals surface area contributed by atoms with Crippen molar-refractivity contribution in [2.45, 2.75) is 40.0 Å². The van der Waals surface area contributed by atoms with Gasteiger partial charge in [0, 0.05) is 0 Å². The van der Waals surface area contributed by atoms with Crippen LogP contribution in [0.4, 0.5) is 0 Å². The van der Waals surface area contributed by atoms with E-state index in [4.69, 9.17) is 0 Å². The third-order valence-corrected chi connectivity index (χ3v) is 2.37. The molecular formula is C10H18. The summed E-state index contributed by atoms with van der Waals surface area (Å²) in [6.45, 7) is 6.91. The number of rotatable bonds is 1. The van der Waals surface area contributed by atoms with E-state index in [9.17, 15) is 0 Å².